The summed E-state index contributed by atoms with van der Waals surface area (Å²) in [4.78, 5) is 39.1. The Labute approximate surface area is 150 Å². The van der Waals surface area contributed by atoms with Gasteiger partial charge in [-0.05, 0) is 20.3 Å². The van der Waals surface area contributed by atoms with Gasteiger partial charge >= 0.3 is 0 Å². The molecule has 0 bridgehead atoms. The van der Waals surface area contributed by atoms with Crippen molar-refractivity contribution >= 4 is 29.3 Å². The lowest BCUT2D eigenvalue weighted by molar-refractivity contribution is -0.385. The summed E-state index contributed by atoms with van der Waals surface area (Å²) >= 11 is 1.65. The van der Waals surface area contributed by atoms with Gasteiger partial charge in [0.1, 0.15) is 6.04 Å². The van der Waals surface area contributed by atoms with Gasteiger partial charge < -0.3 is 9.80 Å². The predicted molar refractivity (Wildman–Crippen MR) is 94.9 cm³/mol. The molecule has 0 N–H and O–H groups in total. The van der Waals surface area contributed by atoms with E-state index in [1.54, 1.807) is 39.8 Å². The van der Waals surface area contributed by atoms with Crippen molar-refractivity contribution in [3.8, 4) is 0 Å². The average Bonchev–Trinajstić information content (AvgIpc) is 3.08. The summed E-state index contributed by atoms with van der Waals surface area (Å²) in [6.45, 7) is 4.46. The predicted octanol–water partition coefficient (Wildman–Crippen LogP) is 2.40. The normalized spacial score (nSPS) is 25.1. The number of fused-ring (bicyclic) bond motifs is 1. The minimum Gasteiger partial charge on any atom is -0.337 e. The van der Waals surface area contributed by atoms with E-state index in [9.17, 15) is 19.7 Å². The average molecular weight is 363 g/mol. The lowest BCUT2D eigenvalue weighted by Gasteiger charge is -2.32. The summed E-state index contributed by atoms with van der Waals surface area (Å²) in [7, 11) is 0. The molecule has 2 aliphatic rings. The Morgan fingerprint density at radius 3 is 2.88 bits per heavy atom. The van der Waals surface area contributed by atoms with Crippen LogP contribution in [0.2, 0.25) is 0 Å². The van der Waals surface area contributed by atoms with Gasteiger partial charge in [0.15, 0.2) is 0 Å². The lowest BCUT2D eigenvalue weighted by Crippen LogP contribution is -2.51. The number of thioether (sulfide) groups is 1. The van der Waals surface area contributed by atoms with Crippen LogP contribution in [0.1, 0.15) is 32.3 Å². The smallest absolute Gasteiger partial charge is 0.274 e. The number of nitro groups is 1. The molecule has 25 heavy (non-hydrogen) atoms. The Morgan fingerprint density at radius 2 is 2.20 bits per heavy atom. The van der Waals surface area contributed by atoms with E-state index in [1.165, 1.54) is 6.07 Å². The third-order valence-corrected chi connectivity index (χ3v) is 6.48. The topological polar surface area (TPSA) is 83.8 Å². The van der Waals surface area contributed by atoms with E-state index < -0.39 is 11.0 Å². The molecular weight excluding hydrogens is 342 g/mol. The molecule has 0 radical (unpaired) electrons. The molecule has 0 spiro atoms. The van der Waals surface area contributed by atoms with Crippen molar-refractivity contribution in [1.29, 1.82) is 0 Å². The molecule has 134 valence electrons. The van der Waals surface area contributed by atoms with Crippen LogP contribution in [0.15, 0.2) is 24.3 Å². The van der Waals surface area contributed by atoms with Gasteiger partial charge in [0.25, 0.3) is 5.69 Å². The first-order valence-electron chi connectivity index (χ1n) is 8.34. The summed E-state index contributed by atoms with van der Waals surface area (Å²) in [5.74, 6) is 0.466. The number of nitro benzene ring substituents is 1. The Kier molecular flexibility index (Phi) is 4.73. The number of para-hydroxylation sites is 1. The molecule has 2 saturated heterocycles. The third kappa shape index (κ3) is 3.10. The number of hydrogen-bond acceptors (Lipinski definition) is 5. The van der Waals surface area contributed by atoms with Crippen LogP contribution >= 0.6 is 11.8 Å². The number of carbonyl (C=O) groups excluding carboxylic acids is 2. The van der Waals surface area contributed by atoms with Crippen LogP contribution < -0.4 is 0 Å². The minimum absolute atomic E-state index is 0.0108. The van der Waals surface area contributed by atoms with Crippen LogP contribution in [0.25, 0.3) is 0 Å². The van der Waals surface area contributed by atoms with Crippen molar-refractivity contribution in [1.82, 2.24) is 9.80 Å². The van der Waals surface area contributed by atoms with Crippen LogP contribution in [0.4, 0.5) is 5.69 Å². The van der Waals surface area contributed by atoms with Crippen molar-refractivity contribution in [2.75, 3.05) is 12.3 Å². The zero-order chi connectivity index (χ0) is 18.2. The molecule has 2 fully saturated rings. The summed E-state index contributed by atoms with van der Waals surface area (Å²) in [5, 5.41) is 11.2. The fourth-order valence-corrected chi connectivity index (χ4v) is 5.01. The number of amides is 2. The molecule has 0 aliphatic carbocycles. The zero-order valence-corrected chi connectivity index (χ0v) is 15.1. The second kappa shape index (κ2) is 6.67. The number of benzene rings is 1. The Hall–Kier alpha value is -2.09. The second-order valence-electron chi connectivity index (χ2n) is 6.50. The van der Waals surface area contributed by atoms with Crippen molar-refractivity contribution in [3.63, 3.8) is 0 Å². The number of rotatable bonds is 5. The van der Waals surface area contributed by atoms with Crippen molar-refractivity contribution < 1.29 is 14.5 Å². The molecular formula is C17H21N3O4S. The summed E-state index contributed by atoms with van der Waals surface area (Å²) in [6.07, 6.45) is 1.24. The lowest BCUT2D eigenvalue weighted by atomic mass is 10.1. The minimum atomic E-state index is -0.479. The Bertz CT molecular complexity index is 726. The first-order valence-corrected chi connectivity index (χ1v) is 9.33. The maximum atomic E-state index is 13.0. The first-order chi connectivity index (χ1) is 11.9. The molecule has 0 aromatic heterocycles. The van der Waals surface area contributed by atoms with E-state index in [0.717, 1.165) is 6.42 Å². The molecule has 2 heterocycles. The van der Waals surface area contributed by atoms with Crippen LogP contribution in [-0.4, -0.2) is 49.7 Å². The highest BCUT2D eigenvalue weighted by Gasteiger charge is 2.53. The maximum absolute atomic E-state index is 13.0. The van der Waals surface area contributed by atoms with E-state index in [4.69, 9.17) is 0 Å². The van der Waals surface area contributed by atoms with Gasteiger partial charge in [-0.1, -0.05) is 18.2 Å². The highest BCUT2D eigenvalue weighted by Crippen LogP contribution is 2.47. The second-order valence-corrected chi connectivity index (χ2v) is 8.01. The Morgan fingerprint density at radius 1 is 1.48 bits per heavy atom. The molecule has 1 aromatic rings. The number of hydrogen-bond donors (Lipinski definition) is 0. The molecule has 0 unspecified atom stereocenters. The fraction of sp³-hybridized carbons (Fsp3) is 0.529. The summed E-state index contributed by atoms with van der Waals surface area (Å²) < 4.78 is 0. The van der Waals surface area contributed by atoms with Gasteiger partial charge in [-0.15, -0.1) is 11.8 Å². The van der Waals surface area contributed by atoms with Gasteiger partial charge in [0.2, 0.25) is 11.8 Å². The van der Waals surface area contributed by atoms with Gasteiger partial charge in [-0.25, -0.2) is 0 Å². The number of likely N-dealkylation sites (N-methyl/N-ethyl adjacent to an activating group) is 1. The molecule has 3 rings (SSSR count). The van der Waals surface area contributed by atoms with Crippen molar-refractivity contribution in [3.05, 3.63) is 39.9 Å². The van der Waals surface area contributed by atoms with Gasteiger partial charge in [0, 0.05) is 30.3 Å². The highest BCUT2D eigenvalue weighted by molar-refractivity contribution is 8.01. The highest BCUT2D eigenvalue weighted by atomic mass is 32.2. The monoisotopic (exact) mass is 363 g/mol. The first kappa shape index (κ1) is 17.7. The molecule has 2 atom stereocenters. The largest absolute Gasteiger partial charge is 0.337 e. The molecule has 1 aromatic carbocycles. The summed E-state index contributed by atoms with van der Waals surface area (Å²) in [6, 6.07) is 5.98. The maximum Gasteiger partial charge on any atom is 0.274 e. The standard InChI is InChI=1S/C17H21N3O4S/c1-3-18(10-12-6-4-5-7-13(12)20(23)24)16(22)14-11-25-17(2)9-8-15(21)19(14)17/h4-7,14H,3,8-11H2,1-2H3/t14-,17-/m1/s1. The van der Waals surface area contributed by atoms with E-state index in [2.05, 4.69) is 0 Å². The Balaban J connectivity index is 1.81. The number of nitrogens with zero attached hydrogens (tertiary/aromatic N) is 3. The van der Waals surface area contributed by atoms with E-state index in [1.807, 2.05) is 13.8 Å². The van der Waals surface area contributed by atoms with E-state index >= 15 is 0 Å². The van der Waals surface area contributed by atoms with Gasteiger partial charge in [0.05, 0.1) is 16.3 Å². The summed E-state index contributed by atoms with van der Waals surface area (Å²) in [5.41, 5.74) is 0.514. The van der Waals surface area contributed by atoms with Crippen LogP contribution in [0.5, 0.6) is 0 Å². The SMILES string of the molecule is CCN(Cc1ccccc1[N+](=O)[O-])C(=O)[C@H]1CS[C@]2(C)CCC(=O)N12. The van der Waals surface area contributed by atoms with Crippen molar-refractivity contribution in [2.45, 2.75) is 44.1 Å². The number of carbonyl (C=O) groups is 2. The molecule has 7 nitrogen and oxygen atoms in total. The van der Waals surface area contributed by atoms with Crippen LogP contribution in [-0.2, 0) is 16.1 Å². The zero-order valence-electron chi connectivity index (χ0n) is 14.3. The van der Waals surface area contributed by atoms with E-state index in [0.29, 0.717) is 24.3 Å². The van der Waals surface area contributed by atoms with Crippen LogP contribution in [0, 0.1) is 10.1 Å². The van der Waals surface area contributed by atoms with Crippen LogP contribution in [0.3, 0.4) is 0 Å². The fourth-order valence-electron chi connectivity index (χ4n) is 3.59. The molecule has 0 saturated carbocycles. The quantitative estimate of drug-likeness (QED) is 0.592. The van der Waals surface area contributed by atoms with Gasteiger partial charge in [-0.3, -0.25) is 19.7 Å². The molecule has 8 heteroatoms. The van der Waals surface area contributed by atoms with E-state index in [-0.39, 0.29) is 28.9 Å². The van der Waals surface area contributed by atoms with Crippen molar-refractivity contribution in [2.24, 2.45) is 0 Å². The van der Waals surface area contributed by atoms with Gasteiger partial charge in [-0.2, -0.15) is 0 Å². The molecule has 2 aliphatic heterocycles. The third-order valence-electron chi connectivity index (χ3n) is 4.97. The molecule has 2 amide bonds.